The van der Waals surface area contributed by atoms with E-state index in [1.54, 1.807) is 0 Å². The van der Waals surface area contributed by atoms with Crippen LogP contribution < -0.4 is 0 Å². The van der Waals surface area contributed by atoms with Crippen LogP contribution in [0.25, 0.3) is 0 Å². The van der Waals surface area contributed by atoms with Gasteiger partial charge in [0.1, 0.15) is 0 Å². The lowest BCUT2D eigenvalue weighted by atomic mass is 9.77. The average molecular weight is 274 g/mol. The maximum atomic E-state index is 9.87. The van der Waals surface area contributed by atoms with Crippen LogP contribution in [0.5, 0.6) is 0 Å². The fraction of sp³-hybridized carbons (Fsp3) is 0.588. The number of nitrogens with zero attached hydrogens (tertiary/aromatic N) is 2. The molecule has 0 amide bonds. The van der Waals surface area contributed by atoms with E-state index in [2.05, 4.69) is 35.9 Å². The van der Waals surface area contributed by atoms with Crippen LogP contribution in [0.1, 0.15) is 38.8 Å². The van der Waals surface area contributed by atoms with Gasteiger partial charge in [0.25, 0.3) is 0 Å². The van der Waals surface area contributed by atoms with Gasteiger partial charge in [-0.05, 0) is 51.8 Å². The van der Waals surface area contributed by atoms with Gasteiger partial charge in [-0.15, -0.1) is 0 Å². The topological polar surface area (TPSA) is 36.4 Å². The molecule has 3 heteroatoms. The van der Waals surface area contributed by atoms with Crippen molar-refractivity contribution in [2.45, 2.75) is 39.7 Å². The van der Waals surface area contributed by atoms with Gasteiger partial charge in [0, 0.05) is 24.7 Å². The van der Waals surface area contributed by atoms with E-state index >= 15 is 0 Å². The molecular weight excluding hydrogens is 248 g/mol. The first-order chi connectivity index (χ1) is 9.63. The molecule has 0 aliphatic carbocycles. The van der Waals surface area contributed by atoms with Gasteiger partial charge in [-0.2, -0.15) is 0 Å². The lowest BCUT2D eigenvalue weighted by molar-refractivity contribution is 0.0302. The average Bonchev–Trinajstić information content (AvgIpc) is 2.47. The standard InChI is InChI=1S/C17H26N2O/c1-15(2)7-9-17(14-20)8-5-11-19(13-17)12-16-6-3-4-10-18-16/h3-4,6-7,10,20H,5,8-9,11-14H2,1-2H3/t17-/m1/s1. The van der Waals surface area contributed by atoms with E-state index in [-0.39, 0.29) is 12.0 Å². The molecule has 0 saturated carbocycles. The molecule has 3 nitrogen and oxygen atoms in total. The molecule has 1 aromatic rings. The van der Waals surface area contributed by atoms with E-state index in [4.69, 9.17) is 0 Å². The molecule has 1 saturated heterocycles. The van der Waals surface area contributed by atoms with Crippen molar-refractivity contribution in [2.75, 3.05) is 19.7 Å². The van der Waals surface area contributed by atoms with Crippen LogP contribution in [0.2, 0.25) is 0 Å². The molecule has 1 N–H and O–H groups in total. The summed E-state index contributed by atoms with van der Waals surface area (Å²) in [5.41, 5.74) is 2.48. The van der Waals surface area contributed by atoms with Crippen molar-refractivity contribution in [1.82, 2.24) is 9.88 Å². The Kier molecular flexibility index (Phi) is 5.32. The predicted molar refractivity (Wildman–Crippen MR) is 82.3 cm³/mol. The Bertz CT molecular complexity index is 440. The van der Waals surface area contributed by atoms with Crippen LogP contribution in [0.4, 0.5) is 0 Å². The summed E-state index contributed by atoms with van der Waals surface area (Å²) in [5, 5.41) is 9.87. The zero-order chi connectivity index (χ0) is 14.4. The van der Waals surface area contributed by atoms with Gasteiger partial charge in [0.2, 0.25) is 0 Å². The second kappa shape index (κ2) is 7.00. The van der Waals surface area contributed by atoms with Gasteiger partial charge in [-0.1, -0.05) is 17.7 Å². The minimum absolute atomic E-state index is 0.0320. The highest BCUT2D eigenvalue weighted by atomic mass is 16.3. The first-order valence-electron chi connectivity index (χ1n) is 7.50. The molecular formula is C17H26N2O. The Hall–Kier alpha value is -1.19. The third-order valence-corrected chi connectivity index (χ3v) is 4.13. The molecule has 0 aromatic carbocycles. The summed E-state index contributed by atoms with van der Waals surface area (Å²) < 4.78 is 0. The molecule has 1 aromatic heterocycles. The number of allylic oxidation sites excluding steroid dienone is 2. The third kappa shape index (κ3) is 4.15. The van der Waals surface area contributed by atoms with Crippen LogP contribution in [0.15, 0.2) is 36.0 Å². The molecule has 1 atom stereocenters. The number of aliphatic hydroxyl groups is 1. The minimum Gasteiger partial charge on any atom is -0.396 e. The number of aromatic nitrogens is 1. The molecule has 0 bridgehead atoms. The first kappa shape index (κ1) is 15.2. The summed E-state index contributed by atoms with van der Waals surface area (Å²) >= 11 is 0. The normalized spacial score (nSPS) is 23.6. The molecule has 1 aliphatic heterocycles. The molecule has 110 valence electrons. The summed E-state index contributed by atoms with van der Waals surface area (Å²) in [6.07, 6.45) is 7.36. The second-order valence-electron chi connectivity index (χ2n) is 6.28. The maximum Gasteiger partial charge on any atom is 0.0543 e. The zero-order valence-corrected chi connectivity index (χ0v) is 12.7. The van der Waals surface area contributed by atoms with Crippen LogP contribution in [-0.2, 0) is 6.54 Å². The molecule has 1 aliphatic rings. The van der Waals surface area contributed by atoms with Crippen LogP contribution in [0.3, 0.4) is 0 Å². The van der Waals surface area contributed by atoms with Gasteiger partial charge >= 0.3 is 0 Å². The van der Waals surface area contributed by atoms with E-state index in [0.717, 1.165) is 44.6 Å². The fourth-order valence-corrected chi connectivity index (χ4v) is 2.95. The van der Waals surface area contributed by atoms with Crippen molar-refractivity contribution >= 4 is 0 Å². The van der Waals surface area contributed by atoms with Crippen LogP contribution in [-0.4, -0.2) is 34.7 Å². The highest BCUT2D eigenvalue weighted by Crippen LogP contribution is 2.34. The Balaban J connectivity index is 2.01. The summed E-state index contributed by atoms with van der Waals surface area (Å²) in [5.74, 6) is 0. The van der Waals surface area contributed by atoms with Crippen LogP contribution in [0, 0.1) is 5.41 Å². The van der Waals surface area contributed by atoms with E-state index in [9.17, 15) is 5.11 Å². The Morgan fingerprint density at radius 3 is 2.95 bits per heavy atom. The van der Waals surface area contributed by atoms with Crippen molar-refractivity contribution in [1.29, 1.82) is 0 Å². The van der Waals surface area contributed by atoms with Gasteiger partial charge in [-0.3, -0.25) is 9.88 Å². The molecule has 2 rings (SSSR count). The summed E-state index contributed by atoms with van der Waals surface area (Å²) in [6.45, 7) is 7.48. The smallest absolute Gasteiger partial charge is 0.0543 e. The van der Waals surface area contributed by atoms with Crippen molar-refractivity contribution in [2.24, 2.45) is 5.41 Å². The Labute approximate surface area is 122 Å². The number of hydrogen-bond donors (Lipinski definition) is 1. The monoisotopic (exact) mass is 274 g/mol. The summed E-state index contributed by atoms with van der Waals surface area (Å²) in [6, 6.07) is 6.06. The summed E-state index contributed by atoms with van der Waals surface area (Å²) in [4.78, 5) is 6.84. The number of aliphatic hydroxyl groups excluding tert-OH is 1. The number of likely N-dealkylation sites (tertiary alicyclic amines) is 1. The quantitative estimate of drug-likeness (QED) is 0.839. The van der Waals surface area contributed by atoms with Crippen molar-refractivity contribution in [3.05, 3.63) is 41.7 Å². The van der Waals surface area contributed by atoms with Gasteiger partial charge in [0.05, 0.1) is 12.3 Å². The molecule has 1 fully saturated rings. The van der Waals surface area contributed by atoms with Gasteiger partial charge in [0.15, 0.2) is 0 Å². The molecule has 0 unspecified atom stereocenters. The van der Waals surface area contributed by atoms with Crippen molar-refractivity contribution in [3.63, 3.8) is 0 Å². The second-order valence-corrected chi connectivity index (χ2v) is 6.28. The minimum atomic E-state index is 0.0320. The lowest BCUT2D eigenvalue weighted by Crippen LogP contribution is -2.44. The largest absolute Gasteiger partial charge is 0.396 e. The predicted octanol–water partition coefficient (Wildman–Crippen LogP) is 3.01. The van der Waals surface area contributed by atoms with Crippen molar-refractivity contribution in [3.8, 4) is 0 Å². The van der Waals surface area contributed by atoms with Gasteiger partial charge in [-0.25, -0.2) is 0 Å². The molecule has 20 heavy (non-hydrogen) atoms. The molecule has 0 spiro atoms. The maximum absolute atomic E-state index is 9.87. The number of hydrogen-bond acceptors (Lipinski definition) is 3. The highest BCUT2D eigenvalue weighted by Gasteiger charge is 2.34. The first-order valence-corrected chi connectivity index (χ1v) is 7.50. The SMILES string of the molecule is CC(C)=CC[C@]1(CO)CCCN(Cc2ccccn2)C1. The van der Waals surface area contributed by atoms with E-state index in [0.29, 0.717) is 0 Å². The Morgan fingerprint density at radius 1 is 1.45 bits per heavy atom. The van der Waals surface area contributed by atoms with Crippen LogP contribution >= 0.6 is 0 Å². The number of piperidine rings is 1. The third-order valence-electron chi connectivity index (χ3n) is 4.13. The molecule has 0 radical (unpaired) electrons. The van der Waals surface area contributed by atoms with E-state index in [1.807, 2.05) is 18.3 Å². The fourth-order valence-electron chi connectivity index (χ4n) is 2.95. The lowest BCUT2D eigenvalue weighted by Gasteiger charge is -2.41. The summed E-state index contributed by atoms with van der Waals surface area (Å²) in [7, 11) is 0. The van der Waals surface area contributed by atoms with Crippen molar-refractivity contribution < 1.29 is 5.11 Å². The number of pyridine rings is 1. The zero-order valence-electron chi connectivity index (χ0n) is 12.7. The Morgan fingerprint density at radius 2 is 2.30 bits per heavy atom. The van der Waals surface area contributed by atoms with E-state index in [1.165, 1.54) is 5.57 Å². The van der Waals surface area contributed by atoms with E-state index < -0.39 is 0 Å². The van der Waals surface area contributed by atoms with Gasteiger partial charge < -0.3 is 5.11 Å². The molecule has 2 heterocycles. The number of rotatable bonds is 5. The highest BCUT2D eigenvalue weighted by molar-refractivity contribution is 5.05.